The molecule has 0 aliphatic carbocycles. The Bertz CT molecular complexity index is 1130. The number of benzene rings is 2. The van der Waals surface area contributed by atoms with E-state index in [0.29, 0.717) is 5.75 Å². The van der Waals surface area contributed by atoms with Gasteiger partial charge in [0, 0.05) is 11.4 Å². The van der Waals surface area contributed by atoms with Gasteiger partial charge >= 0.3 is 18.0 Å². The van der Waals surface area contributed by atoms with E-state index in [0.717, 1.165) is 11.1 Å². The number of aryl methyl sites for hydroxylation is 1. The molecule has 0 bridgehead atoms. The molecule has 3 rings (SSSR count). The summed E-state index contributed by atoms with van der Waals surface area (Å²) in [5.74, 6) is -1.68. The Morgan fingerprint density at radius 1 is 1.11 bits per heavy atom. The van der Waals surface area contributed by atoms with E-state index in [1.165, 1.54) is 40.9 Å². The number of carboxylic acids is 1. The molecular weight excluding hydrogens is 470 g/mol. The Morgan fingerprint density at radius 3 is 2.49 bits per heavy atom. The molecule has 2 aromatic rings. The minimum Gasteiger partial charge on any atom is -0.478 e. The summed E-state index contributed by atoms with van der Waals surface area (Å²) in [6.45, 7) is 6.89. The number of hydrogen-bond donors (Lipinski definition) is 3. The number of carbonyl (C=O) groups is 4. The standard InChI is InChI=1S/C25H29N3O6S/c1-15-8-5-6-11-18(15)21-28(19(14-35-21)23(32)34-25(2,3)4)20(29)13-26-24(33)27-17-10-7-9-16(12-17)22(30)31/h5-12,19,21H,13-14H2,1-4H3,(H,30,31)(H2,26,27,33)/t19-,21+/m0/s1. The predicted molar refractivity (Wildman–Crippen MR) is 133 cm³/mol. The zero-order valence-corrected chi connectivity index (χ0v) is 20.8. The van der Waals surface area contributed by atoms with Crippen LogP contribution in [0.4, 0.5) is 10.5 Å². The molecule has 3 amide bonds. The van der Waals surface area contributed by atoms with Gasteiger partial charge in [0.15, 0.2) is 0 Å². The van der Waals surface area contributed by atoms with Crippen molar-refractivity contribution in [2.75, 3.05) is 17.6 Å². The van der Waals surface area contributed by atoms with Crippen molar-refractivity contribution < 1.29 is 29.0 Å². The van der Waals surface area contributed by atoms with Gasteiger partial charge in [0.05, 0.1) is 12.1 Å². The average molecular weight is 500 g/mol. The molecule has 3 N–H and O–H groups in total. The summed E-state index contributed by atoms with van der Waals surface area (Å²) < 4.78 is 5.56. The fourth-order valence-corrected chi connectivity index (χ4v) is 5.15. The quantitative estimate of drug-likeness (QED) is 0.516. The van der Waals surface area contributed by atoms with Crippen LogP contribution in [0.15, 0.2) is 48.5 Å². The van der Waals surface area contributed by atoms with Crippen LogP contribution in [0.25, 0.3) is 0 Å². The third-order valence-electron chi connectivity index (χ3n) is 5.19. The van der Waals surface area contributed by atoms with Crippen molar-refractivity contribution >= 4 is 41.3 Å². The number of hydrogen-bond acceptors (Lipinski definition) is 6. The van der Waals surface area contributed by atoms with Crippen LogP contribution in [-0.2, 0) is 14.3 Å². The Morgan fingerprint density at radius 2 is 1.83 bits per heavy atom. The molecular formula is C25H29N3O6S. The lowest BCUT2D eigenvalue weighted by atomic mass is 10.1. The van der Waals surface area contributed by atoms with Gasteiger partial charge in [0.2, 0.25) is 5.91 Å². The summed E-state index contributed by atoms with van der Waals surface area (Å²) >= 11 is 1.47. The summed E-state index contributed by atoms with van der Waals surface area (Å²) in [5.41, 5.74) is 1.48. The normalized spacial score (nSPS) is 17.5. The van der Waals surface area contributed by atoms with E-state index >= 15 is 0 Å². The molecule has 2 aromatic carbocycles. The Kier molecular flexibility index (Phi) is 8.06. The highest BCUT2D eigenvalue weighted by molar-refractivity contribution is 7.99. The van der Waals surface area contributed by atoms with Crippen molar-refractivity contribution in [1.29, 1.82) is 0 Å². The van der Waals surface area contributed by atoms with Gasteiger partial charge < -0.3 is 25.4 Å². The van der Waals surface area contributed by atoms with Gasteiger partial charge in [0.1, 0.15) is 17.0 Å². The molecule has 1 fully saturated rings. The zero-order chi connectivity index (χ0) is 25.8. The Balaban J connectivity index is 1.74. The monoisotopic (exact) mass is 499 g/mol. The number of thioether (sulfide) groups is 1. The van der Waals surface area contributed by atoms with Gasteiger partial charge in [-0.25, -0.2) is 14.4 Å². The maximum absolute atomic E-state index is 13.3. The van der Waals surface area contributed by atoms with E-state index in [1.54, 1.807) is 20.8 Å². The molecule has 1 aliphatic heterocycles. The molecule has 0 spiro atoms. The van der Waals surface area contributed by atoms with Gasteiger partial charge in [-0.1, -0.05) is 30.3 Å². The minimum absolute atomic E-state index is 0.0224. The van der Waals surface area contributed by atoms with Crippen LogP contribution in [0.3, 0.4) is 0 Å². The van der Waals surface area contributed by atoms with E-state index in [4.69, 9.17) is 9.84 Å². The molecule has 186 valence electrons. The van der Waals surface area contributed by atoms with Crippen LogP contribution in [0.2, 0.25) is 0 Å². The number of anilines is 1. The number of rotatable bonds is 6. The lowest BCUT2D eigenvalue weighted by Gasteiger charge is -2.31. The minimum atomic E-state index is -1.12. The van der Waals surface area contributed by atoms with Crippen LogP contribution < -0.4 is 10.6 Å². The summed E-state index contributed by atoms with van der Waals surface area (Å²) in [7, 11) is 0. The number of esters is 1. The Hall–Kier alpha value is -3.53. The first-order chi connectivity index (χ1) is 16.5. The predicted octanol–water partition coefficient (Wildman–Crippen LogP) is 3.80. The van der Waals surface area contributed by atoms with E-state index in [-0.39, 0.29) is 17.8 Å². The Labute approximate surface area is 208 Å². The van der Waals surface area contributed by atoms with E-state index in [1.807, 2.05) is 31.2 Å². The van der Waals surface area contributed by atoms with Gasteiger partial charge in [-0.2, -0.15) is 0 Å². The molecule has 2 atom stereocenters. The number of ether oxygens (including phenoxy) is 1. The van der Waals surface area contributed by atoms with Crippen molar-refractivity contribution in [2.45, 2.75) is 44.7 Å². The van der Waals surface area contributed by atoms with Gasteiger partial charge in [-0.15, -0.1) is 11.8 Å². The van der Waals surface area contributed by atoms with E-state index < -0.39 is 40.9 Å². The third-order valence-corrected chi connectivity index (χ3v) is 6.49. The second kappa shape index (κ2) is 10.8. The first-order valence-corrected chi connectivity index (χ1v) is 12.1. The summed E-state index contributed by atoms with van der Waals surface area (Å²) in [4.78, 5) is 51.2. The van der Waals surface area contributed by atoms with Crippen molar-refractivity contribution in [1.82, 2.24) is 10.2 Å². The highest BCUT2D eigenvalue weighted by Gasteiger charge is 2.44. The van der Waals surface area contributed by atoms with E-state index in [2.05, 4.69) is 10.6 Å². The first-order valence-electron chi connectivity index (χ1n) is 11.1. The van der Waals surface area contributed by atoms with Crippen LogP contribution >= 0.6 is 11.8 Å². The molecule has 10 heteroatoms. The van der Waals surface area contributed by atoms with Crippen molar-refractivity contribution in [3.63, 3.8) is 0 Å². The van der Waals surface area contributed by atoms with Crippen LogP contribution in [0, 0.1) is 6.92 Å². The second-order valence-electron chi connectivity index (χ2n) is 9.09. The number of aromatic carboxylic acids is 1. The van der Waals surface area contributed by atoms with Gasteiger partial charge in [0.25, 0.3) is 0 Å². The number of amides is 3. The van der Waals surface area contributed by atoms with Gasteiger partial charge in [-0.05, 0) is 57.0 Å². The van der Waals surface area contributed by atoms with Gasteiger partial charge in [-0.3, -0.25) is 4.79 Å². The number of carbonyl (C=O) groups excluding carboxylic acids is 3. The summed E-state index contributed by atoms with van der Waals surface area (Å²) in [5, 5.41) is 13.7. The topological polar surface area (TPSA) is 125 Å². The highest BCUT2D eigenvalue weighted by Crippen LogP contribution is 2.43. The second-order valence-corrected chi connectivity index (χ2v) is 10.2. The number of nitrogens with zero attached hydrogens (tertiary/aromatic N) is 1. The summed E-state index contributed by atoms with van der Waals surface area (Å²) in [6, 6.07) is 11.9. The molecule has 35 heavy (non-hydrogen) atoms. The average Bonchev–Trinajstić information content (AvgIpc) is 3.22. The SMILES string of the molecule is Cc1ccccc1[C@H]1SC[C@@H](C(=O)OC(C)(C)C)N1C(=O)CNC(=O)Nc1cccc(C(=O)O)c1. The van der Waals surface area contributed by atoms with Crippen LogP contribution in [0.5, 0.6) is 0 Å². The molecule has 1 aliphatic rings. The number of carboxylic acid groups (broad SMARTS) is 1. The largest absolute Gasteiger partial charge is 0.478 e. The molecule has 0 saturated carbocycles. The van der Waals surface area contributed by atoms with E-state index in [9.17, 15) is 19.2 Å². The van der Waals surface area contributed by atoms with Crippen molar-refractivity contribution in [3.05, 3.63) is 65.2 Å². The third kappa shape index (κ3) is 6.75. The molecule has 0 aromatic heterocycles. The maximum Gasteiger partial charge on any atom is 0.335 e. The lowest BCUT2D eigenvalue weighted by molar-refractivity contribution is -0.163. The highest BCUT2D eigenvalue weighted by atomic mass is 32.2. The smallest absolute Gasteiger partial charge is 0.335 e. The summed E-state index contributed by atoms with van der Waals surface area (Å²) in [6.07, 6.45) is 0. The first kappa shape index (κ1) is 26.1. The molecule has 0 radical (unpaired) electrons. The molecule has 9 nitrogen and oxygen atoms in total. The lowest BCUT2D eigenvalue weighted by Crippen LogP contribution is -2.49. The van der Waals surface area contributed by atoms with Crippen molar-refractivity contribution in [3.8, 4) is 0 Å². The number of urea groups is 1. The molecule has 1 heterocycles. The maximum atomic E-state index is 13.3. The number of nitrogens with one attached hydrogen (secondary N) is 2. The van der Waals surface area contributed by atoms with Crippen LogP contribution in [0.1, 0.15) is 47.6 Å². The fourth-order valence-electron chi connectivity index (χ4n) is 3.62. The van der Waals surface area contributed by atoms with Crippen LogP contribution in [-0.4, -0.2) is 57.8 Å². The van der Waals surface area contributed by atoms with Crippen molar-refractivity contribution in [2.24, 2.45) is 0 Å². The fraction of sp³-hybridized carbons (Fsp3) is 0.360. The molecule has 1 saturated heterocycles. The molecule has 0 unspecified atom stereocenters. The zero-order valence-electron chi connectivity index (χ0n) is 20.0.